The van der Waals surface area contributed by atoms with Gasteiger partial charge in [-0.15, -0.1) is 0 Å². The van der Waals surface area contributed by atoms with E-state index in [1.165, 1.54) is 0 Å². The number of aryl methyl sites for hydroxylation is 1. The third kappa shape index (κ3) is 2.52. The Bertz CT molecular complexity index is 520. The molecule has 2 unspecified atom stereocenters. The van der Waals surface area contributed by atoms with Gasteiger partial charge in [-0.3, -0.25) is 10.1 Å². The quantitative estimate of drug-likeness (QED) is 0.675. The van der Waals surface area contributed by atoms with Gasteiger partial charge in [-0.05, 0) is 32.6 Å². The van der Waals surface area contributed by atoms with E-state index in [9.17, 15) is 10.1 Å². The standard InChI is InChI=1S/C13H21N5O2/c1-8-6-5-7-17(10(8)3)12-11(18(19)20)9(2)15-13(14-4)16-12/h8,10H,5-7H2,1-4H3,(H,14,15,16). The van der Waals surface area contributed by atoms with Crippen LogP contribution in [-0.4, -0.2) is 34.5 Å². The van der Waals surface area contributed by atoms with Crippen LogP contribution >= 0.6 is 0 Å². The highest BCUT2D eigenvalue weighted by Crippen LogP contribution is 2.35. The van der Waals surface area contributed by atoms with Crippen molar-refractivity contribution in [3.05, 3.63) is 15.8 Å². The third-order valence-corrected chi connectivity index (χ3v) is 4.09. The van der Waals surface area contributed by atoms with Crippen LogP contribution in [0.1, 0.15) is 32.4 Å². The van der Waals surface area contributed by atoms with Gasteiger partial charge in [-0.2, -0.15) is 4.98 Å². The highest BCUT2D eigenvalue weighted by atomic mass is 16.6. The summed E-state index contributed by atoms with van der Waals surface area (Å²) in [5.41, 5.74) is 0.416. The number of rotatable bonds is 3. The fourth-order valence-corrected chi connectivity index (χ4v) is 2.71. The van der Waals surface area contributed by atoms with E-state index in [0.717, 1.165) is 19.4 Å². The Morgan fingerprint density at radius 1 is 1.40 bits per heavy atom. The summed E-state index contributed by atoms with van der Waals surface area (Å²) in [6, 6.07) is 0.237. The second-order valence-electron chi connectivity index (χ2n) is 5.37. The minimum absolute atomic E-state index is 0.0185. The second-order valence-corrected chi connectivity index (χ2v) is 5.37. The van der Waals surface area contributed by atoms with Crippen LogP contribution in [0.25, 0.3) is 0 Å². The molecule has 1 fully saturated rings. The van der Waals surface area contributed by atoms with Crippen LogP contribution in [0.4, 0.5) is 17.5 Å². The summed E-state index contributed by atoms with van der Waals surface area (Å²) >= 11 is 0. The molecule has 0 aromatic carbocycles. The van der Waals surface area contributed by atoms with Gasteiger partial charge in [0.05, 0.1) is 4.92 Å². The Hall–Kier alpha value is -1.92. The molecule has 2 heterocycles. The van der Waals surface area contributed by atoms with Crippen molar-refractivity contribution in [1.82, 2.24) is 9.97 Å². The SMILES string of the molecule is CNc1nc(C)c([N+](=O)[O-])c(N2CCCC(C)C2C)n1. The summed E-state index contributed by atoms with van der Waals surface area (Å²) < 4.78 is 0. The molecule has 1 aromatic rings. The Morgan fingerprint density at radius 3 is 2.70 bits per heavy atom. The predicted octanol–water partition coefficient (Wildman–Crippen LogP) is 2.36. The van der Waals surface area contributed by atoms with Crippen molar-refractivity contribution in [3.8, 4) is 0 Å². The van der Waals surface area contributed by atoms with E-state index in [4.69, 9.17) is 0 Å². The van der Waals surface area contributed by atoms with Crippen molar-refractivity contribution < 1.29 is 4.92 Å². The number of hydrogen-bond acceptors (Lipinski definition) is 6. The number of anilines is 2. The molecule has 1 aliphatic heterocycles. The van der Waals surface area contributed by atoms with Gasteiger partial charge in [-0.1, -0.05) is 6.92 Å². The van der Waals surface area contributed by atoms with Crippen LogP contribution in [0.2, 0.25) is 0 Å². The molecule has 1 N–H and O–H groups in total. The lowest BCUT2D eigenvalue weighted by Gasteiger charge is -2.38. The molecule has 1 saturated heterocycles. The predicted molar refractivity (Wildman–Crippen MR) is 78.2 cm³/mol. The molecule has 1 aromatic heterocycles. The zero-order chi connectivity index (χ0) is 14.9. The van der Waals surface area contributed by atoms with Crippen molar-refractivity contribution in [2.45, 2.75) is 39.7 Å². The fraction of sp³-hybridized carbons (Fsp3) is 0.692. The molecule has 0 spiro atoms. The lowest BCUT2D eigenvalue weighted by molar-refractivity contribution is -0.385. The highest BCUT2D eigenvalue weighted by molar-refractivity contribution is 5.63. The Morgan fingerprint density at radius 2 is 2.10 bits per heavy atom. The lowest BCUT2D eigenvalue weighted by atomic mass is 9.92. The number of nitro groups is 1. The number of aromatic nitrogens is 2. The summed E-state index contributed by atoms with van der Waals surface area (Å²) in [5, 5.41) is 14.2. The van der Waals surface area contributed by atoms with Crippen molar-refractivity contribution in [3.63, 3.8) is 0 Å². The minimum Gasteiger partial charge on any atom is -0.357 e. The smallest absolute Gasteiger partial charge is 0.332 e. The van der Waals surface area contributed by atoms with Gasteiger partial charge >= 0.3 is 5.69 Å². The summed E-state index contributed by atoms with van der Waals surface area (Å²) in [6.45, 7) is 6.73. The lowest BCUT2D eigenvalue weighted by Crippen LogP contribution is -2.43. The van der Waals surface area contributed by atoms with Crippen molar-refractivity contribution in [2.24, 2.45) is 5.92 Å². The minimum atomic E-state index is -0.379. The molecule has 1 aliphatic rings. The fourth-order valence-electron chi connectivity index (χ4n) is 2.71. The molecular formula is C13H21N5O2. The summed E-state index contributed by atoms with van der Waals surface area (Å²) in [6.07, 6.45) is 2.18. The van der Waals surface area contributed by atoms with Gasteiger partial charge in [0.1, 0.15) is 5.69 Å². The maximum Gasteiger partial charge on any atom is 0.332 e. The zero-order valence-corrected chi connectivity index (χ0v) is 12.4. The number of nitrogens with zero attached hydrogens (tertiary/aromatic N) is 4. The molecule has 0 amide bonds. The first-order chi connectivity index (χ1) is 9.45. The molecule has 2 atom stereocenters. The first-order valence-electron chi connectivity index (χ1n) is 6.93. The van der Waals surface area contributed by atoms with Crippen molar-refractivity contribution in [1.29, 1.82) is 0 Å². The van der Waals surface area contributed by atoms with E-state index in [0.29, 0.717) is 23.4 Å². The van der Waals surface area contributed by atoms with Crippen molar-refractivity contribution >= 4 is 17.5 Å². The van der Waals surface area contributed by atoms with Gasteiger partial charge in [0.25, 0.3) is 0 Å². The van der Waals surface area contributed by atoms with E-state index >= 15 is 0 Å². The summed E-state index contributed by atoms with van der Waals surface area (Å²) in [5.74, 6) is 1.36. The Kier molecular flexibility index (Phi) is 4.06. The molecule has 20 heavy (non-hydrogen) atoms. The van der Waals surface area contributed by atoms with Gasteiger partial charge in [0.15, 0.2) is 0 Å². The second kappa shape index (κ2) is 5.60. The van der Waals surface area contributed by atoms with Crippen LogP contribution in [0, 0.1) is 23.0 Å². The maximum atomic E-state index is 11.4. The normalized spacial score (nSPS) is 22.7. The first kappa shape index (κ1) is 14.5. The molecule has 0 bridgehead atoms. The van der Waals surface area contributed by atoms with Crippen LogP contribution in [-0.2, 0) is 0 Å². The number of nitrogens with one attached hydrogen (secondary N) is 1. The van der Waals surface area contributed by atoms with E-state index in [2.05, 4.69) is 29.1 Å². The summed E-state index contributed by atoms with van der Waals surface area (Å²) in [4.78, 5) is 21.5. The average Bonchev–Trinajstić information content (AvgIpc) is 2.40. The van der Waals surface area contributed by atoms with Crippen LogP contribution in [0.15, 0.2) is 0 Å². The third-order valence-electron chi connectivity index (χ3n) is 4.09. The first-order valence-corrected chi connectivity index (χ1v) is 6.93. The molecule has 0 saturated carbocycles. The number of piperidine rings is 1. The monoisotopic (exact) mass is 279 g/mol. The van der Waals surface area contributed by atoms with Crippen LogP contribution < -0.4 is 10.2 Å². The van der Waals surface area contributed by atoms with Gasteiger partial charge in [-0.25, -0.2) is 4.98 Å². The van der Waals surface area contributed by atoms with Gasteiger partial charge < -0.3 is 10.2 Å². The molecule has 110 valence electrons. The summed E-state index contributed by atoms with van der Waals surface area (Å²) in [7, 11) is 1.71. The van der Waals surface area contributed by atoms with Gasteiger partial charge in [0.2, 0.25) is 11.8 Å². The van der Waals surface area contributed by atoms with E-state index in [-0.39, 0.29) is 16.7 Å². The molecule has 0 aliphatic carbocycles. The molecule has 0 radical (unpaired) electrons. The van der Waals surface area contributed by atoms with Crippen molar-refractivity contribution in [2.75, 3.05) is 23.8 Å². The average molecular weight is 279 g/mol. The van der Waals surface area contributed by atoms with E-state index in [1.807, 2.05) is 4.90 Å². The Labute approximate surface area is 118 Å². The van der Waals surface area contributed by atoms with E-state index in [1.54, 1.807) is 14.0 Å². The number of hydrogen-bond donors (Lipinski definition) is 1. The maximum absolute atomic E-state index is 11.4. The molecular weight excluding hydrogens is 258 g/mol. The highest BCUT2D eigenvalue weighted by Gasteiger charge is 2.32. The largest absolute Gasteiger partial charge is 0.357 e. The van der Waals surface area contributed by atoms with Gasteiger partial charge in [0, 0.05) is 19.6 Å². The topological polar surface area (TPSA) is 84.2 Å². The Balaban J connectivity index is 2.53. The zero-order valence-electron chi connectivity index (χ0n) is 12.4. The van der Waals surface area contributed by atoms with Crippen LogP contribution in [0.3, 0.4) is 0 Å². The van der Waals surface area contributed by atoms with E-state index < -0.39 is 0 Å². The molecule has 7 nitrogen and oxygen atoms in total. The molecule has 2 rings (SSSR count). The molecule has 7 heteroatoms. The van der Waals surface area contributed by atoms with Crippen LogP contribution in [0.5, 0.6) is 0 Å².